The maximum Gasteiger partial charge on any atom is 0.274 e. The number of rotatable bonds is 5. The van der Waals surface area contributed by atoms with Gasteiger partial charge in [0.15, 0.2) is 5.82 Å². The number of hydroxylamine groups is 1. The van der Waals surface area contributed by atoms with Crippen molar-refractivity contribution in [2.24, 2.45) is 5.92 Å². The molecule has 0 saturated heterocycles. The van der Waals surface area contributed by atoms with Crippen molar-refractivity contribution in [2.75, 3.05) is 10.4 Å². The minimum absolute atomic E-state index is 0.106. The first-order chi connectivity index (χ1) is 10.9. The Morgan fingerprint density at radius 3 is 2.48 bits per heavy atom. The molecule has 122 valence electrons. The molecule has 2 N–H and O–H groups in total. The fraction of sp³-hybridized carbons (Fsp3) is 0.312. The van der Waals surface area contributed by atoms with E-state index in [1.165, 1.54) is 36.7 Å². The van der Waals surface area contributed by atoms with E-state index in [2.05, 4.69) is 15.3 Å². The fourth-order valence-electron chi connectivity index (χ4n) is 1.82. The molecule has 7 heteroatoms. The summed E-state index contributed by atoms with van der Waals surface area (Å²) in [5.74, 6) is -0.409. The van der Waals surface area contributed by atoms with Gasteiger partial charge in [-0.2, -0.15) is 0 Å². The second kappa shape index (κ2) is 7.15. The Hall–Kier alpha value is -2.54. The lowest BCUT2D eigenvalue weighted by Crippen LogP contribution is -2.34. The van der Waals surface area contributed by atoms with Gasteiger partial charge in [0.2, 0.25) is 0 Å². The second-order valence-electron chi connectivity index (χ2n) is 5.55. The predicted molar refractivity (Wildman–Crippen MR) is 85.0 cm³/mol. The highest BCUT2D eigenvalue weighted by atomic mass is 19.1. The first-order valence-electron chi connectivity index (χ1n) is 7.25. The fourth-order valence-corrected chi connectivity index (χ4v) is 1.82. The van der Waals surface area contributed by atoms with Crippen molar-refractivity contribution >= 4 is 17.4 Å². The molecule has 0 aliphatic heterocycles. The van der Waals surface area contributed by atoms with Crippen molar-refractivity contribution < 1.29 is 14.4 Å². The van der Waals surface area contributed by atoms with Gasteiger partial charge in [-0.25, -0.2) is 19.4 Å². The van der Waals surface area contributed by atoms with Crippen LogP contribution >= 0.6 is 0 Å². The van der Waals surface area contributed by atoms with Gasteiger partial charge >= 0.3 is 0 Å². The third-order valence-electron chi connectivity index (χ3n) is 3.57. The molecule has 1 aromatic carbocycles. The predicted octanol–water partition coefficient (Wildman–Crippen LogP) is 3.11. The standard InChI is InChI=1S/C16H19FN4O2/c1-10(2)11(3)21(23)15-8-14(18-9-19-15)16(22)20-13-6-4-12(17)5-7-13/h4-11,23H,1-3H3,(H,20,22). The van der Waals surface area contributed by atoms with Gasteiger partial charge in [0.1, 0.15) is 17.8 Å². The average Bonchev–Trinajstić information content (AvgIpc) is 2.55. The van der Waals surface area contributed by atoms with Gasteiger partial charge in [-0.3, -0.25) is 10.0 Å². The van der Waals surface area contributed by atoms with Gasteiger partial charge in [-0.1, -0.05) is 13.8 Å². The van der Waals surface area contributed by atoms with Crippen molar-refractivity contribution in [1.82, 2.24) is 9.97 Å². The van der Waals surface area contributed by atoms with Gasteiger partial charge in [-0.05, 0) is 37.1 Å². The lowest BCUT2D eigenvalue weighted by molar-refractivity contribution is 0.102. The van der Waals surface area contributed by atoms with Gasteiger partial charge in [-0.15, -0.1) is 0 Å². The van der Waals surface area contributed by atoms with Crippen LogP contribution < -0.4 is 10.4 Å². The molecule has 0 spiro atoms. The number of amides is 1. The van der Waals surface area contributed by atoms with Crippen LogP contribution in [0.5, 0.6) is 0 Å². The van der Waals surface area contributed by atoms with Gasteiger partial charge in [0.25, 0.3) is 5.91 Å². The summed E-state index contributed by atoms with van der Waals surface area (Å²) in [5, 5.41) is 13.8. The summed E-state index contributed by atoms with van der Waals surface area (Å²) in [6, 6.07) is 6.64. The molecule has 0 aliphatic carbocycles. The van der Waals surface area contributed by atoms with Crippen LogP contribution in [0.4, 0.5) is 15.9 Å². The van der Waals surface area contributed by atoms with Crippen LogP contribution in [0.15, 0.2) is 36.7 Å². The number of benzene rings is 1. The van der Waals surface area contributed by atoms with E-state index in [1.807, 2.05) is 20.8 Å². The summed E-state index contributed by atoms with van der Waals surface area (Å²) in [6.07, 6.45) is 1.21. The minimum atomic E-state index is -0.467. The van der Waals surface area contributed by atoms with Crippen molar-refractivity contribution in [3.8, 4) is 0 Å². The minimum Gasteiger partial charge on any atom is -0.321 e. The van der Waals surface area contributed by atoms with E-state index in [0.717, 1.165) is 5.06 Å². The zero-order valence-electron chi connectivity index (χ0n) is 13.2. The van der Waals surface area contributed by atoms with E-state index in [-0.39, 0.29) is 29.3 Å². The van der Waals surface area contributed by atoms with Crippen LogP contribution in [-0.2, 0) is 0 Å². The summed E-state index contributed by atoms with van der Waals surface area (Å²) in [7, 11) is 0. The average molecular weight is 318 g/mol. The monoisotopic (exact) mass is 318 g/mol. The molecule has 0 bridgehead atoms. The third-order valence-corrected chi connectivity index (χ3v) is 3.57. The molecular formula is C16H19FN4O2. The second-order valence-corrected chi connectivity index (χ2v) is 5.55. The SMILES string of the molecule is CC(C)C(C)N(O)c1cc(C(=O)Nc2ccc(F)cc2)ncn1. The molecule has 6 nitrogen and oxygen atoms in total. The molecular weight excluding hydrogens is 299 g/mol. The van der Waals surface area contributed by atoms with Crippen LogP contribution in [0.25, 0.3) is 0 Å². The number of hydrogen-bond acceptors (Lipinski definition) is 5. The molecule has 1 amide bonds. The molecule has 0 radical (unpaired) electrons. The summed E-state index contributed by atoms with van der Waals surface area (Å²) in [6.45, 7) is 5.79. The number of nitrogens with zero attached hydrogens (tertiary/aromatic N) is 3. The Balaban J connectivity index is 2.15. The van der Waals surface area contributed by atoms with E-state index in [9.17, 15) is 14.4 Å². The molecule has 1 aromatic heterocycles. The van der Waals surface area contributed by atoms with E-state index in [4.69, 9.17) is 0 Å². The number of anilines is 2. The summed E-state index contributed by atoms with van der Waals surface area (Å²) < 4.78 is 12.9. The number of aromatic nitrogens is 2. The zero-order chi connectivity index (χ0) is 17.0. The Bertz CT molecular complexity index is 676. The third kappa shape index (κ3) is 4.23. The largest absolute Gasteiger partial charge is 0.321 e. The van der Waals surface area contributed by atoms with Crippen LogP contribution in [-0.4, -0.2) is 27.1 Å². The Morgan fingerprint density at radius 1 is 1.22 bits per heavy atom. The van der Waals surface area contributed by atoms with Gasteiger partial charge in [0, 0.05) is 11.8 Å². The summed E-state index contributed by atoms with van der Waals surface area (Å²) in [5.41, 5.74) is 0.558. The molecule has 1 unspecified atom stereocenters. The van der Waals surface area contributed by atoms with Crippen molar-refractivity contribution in [2.45, 2.75) is 26.8 Å². The first kappa shape index (κ1) is 16.8. The summed E-state index contributed by atoms with van der Waals surface area (Å²) in [4.78, 5) is 20.1. The topological polar surface area (TPSA) is 78.4 Å². The van der Waals surface area contributed by atoms with Crippen LogP contribution in [0.2, 0.25) is 0 Å². The van der Waals surface area contributed by atoms with Crippen LogP contribution in [0, 0.1) is 11.7 Å². The molecule has 23 heavy (non-hydrogen) atoms. The molecule has 0 saturated carbocycles. The van der Waals surface area contributed by atoms with Crippen molar-refractivity contribution in [3.63, 3.8) is 0 Å². The molecule has 0 aliphatic rings. The highest BCUT2D eigenvalue weighted by Gasteiger charge is 2.19. The number of halogens is 1. The van der Waals surface area contributed by atoms with E-state index < -0.39 is 5.91 Å². The maximum absolute atomic E-state index is 12.9. The van der Waals surface area contributed by atoms with Crippen LogP contribution in [0.3, 0.4) is 0 Å². The quantitative estimate of drug-likeness (QED) is 0.828. The lowest BCUT2D eigenvalue weighted by atomic mass is 10.1. The highest BCUT2D eigenvalue weighted by Crippen LogP contribution is 2.17. The van der Waals surface area contributed by atoms with E-state index in [0.29, 0.717) is 5.69 Å². The van der Waals surface area contributed by atoms with E-state index in [1.54, 1.807) is 0 Å². The normalized spacial score (nSPS) is 12.1. The number of carbonyl (C=O) groups excluding carboxylic acids is 1. The highest BCUT2D eigenvalue weighted by molar-refractivity contribution is 6.03. The van der Waals surface area contributed by atoms with Crippen molar-refractivity contribution in [3.05, 3.63) is 48.2 Å². The first-order valence-corrected chi connectivity index (χ1v) is 7.25. The number of hydrogen-bond donors (Lipinski definition) is 2. The Kier molecular flexibility index (Phi) is 5.23. The smallest absolute Gasteiger partial charge is 0.274 e. The Labute approximate surface area is 134 Å². The number of nitrogens with one attached hydrogen (secondary N) is 1. The molecule has 2 aromatic rings. The van der Waals surface area contributed by atoms with Crippen molar-refractivity contribution in [1.29, 1.82) is 0 Å². The maximum atomic E-state index is 12.9. The van der Waals surface area contributed by atoms with Crippen LogP contribution in [0.1, 0.15) is 31.3 Å². The Morgan fingerprint density at radius 2 is 1.87 bits per heavy atom. The molecule has 1 atom stereocenters. The van der Waals surface area contributed by atoms with E-state index >= 15 is 0 Å². The number of carbonyl (C=O) groups is 1. The molecule has 0 fully saturated rings. The van der Waals surface area contributed by atoms with Gasteiger partial charge < -0.3 is 5.32 Å². The molecule has 2 rings (SSSR count). The van der Waals surface area contributed by atoms with Gasteiger partial charge in [0.05, 0.1) is 6.04 Å². The summed E-state index contributed by atoms with van der Waals surface area (Å²) >= 11 is 0. The lowest BCUT2D eigenvalue weighted by Gasteiger charge is -2.26. The molecule has 1 heterocycles. The zero-order valence-corrected chi connectivity index (χ0v) is 13.2.